The van der Waals surface area contributed by atoms with E-state index in [2.05, 4.69) is 15.6 Å². The van der Waals surface area contributed by atoms with E-state index in [0.717, 1.165) is 22.0 Å². The van der Waals surface area contributed by atoms with Crippen molar-refractivity contribution in [2.75, 3.05) is 0 Å². The largest absolute Gasteiger partial charge is 0.361 e. The van der Waals surface area contributed by atoms with Crippen molar-refractivity contribution in [2.45, 2.75) is 39.3 Å². The minimum absolute atomic E-state index is 0.102. The second-order valence-electron chi connectivity index (χ2n) is 7.49. The maximum atomic E-state index is 12.9. The van der Waals surface area contributed by atoms with Crippen LogP contribution in [0.25, 0.3) is 10.9 Å². The van der Waals surface area contributed by atoms with Gasteiger partial charge in [-0.15, -0.1) is 0 Å². The highest BCUT2D eigenvalue weighted by Crippen LogP contribution is 2.19. The van der Waals surface area contributed by atoms with Crippen molar-refractivity contribution in [1.29, 1.82) is 0 Å². The molecule has 146 valence electrons. The number of carbonyl (C=O) groups excluding carboxylic acids is 2. The predicted molar refractivity (Wildman–Crippen MR) is 112 cm³/mol. The Labute approximate surface area is 165 Å². The van der Waals surface area contributed by atoms with Crippen LogP contribution in [0.15, 0.2) is 60.8 Å². The second-order valence-corrected chi connectivity index (χ2v) is 7.49. The SMILES string of the molecule is CC(C)CC(=O)N[C@@H](Cc1c[nH]c2ccccc12)C(=O)NCc1ccccc1. The van der Waals surface area contributed by atoms with E-state index < -0.39 is 6.04 Å². The molecule has 0 saturated heterocycles. The molecule has 0 fully saturated rings. The molecular weight excluding hydrogens is 350 g/mol. The lowest BCUT2D eigenvalue weighted by Gasteiger charge is -2.19. The molecule has 3 aromatic rings. The zero-order valence-corrected chi connectivity index (χ0v) is 16.4. The number of rotatable bonds is 8. The maximum Gasteiger partial charge on any atom is 0.243 e. The van der Waals surface area contributed by atoms with Crippen molar-refractivity contribution in [3.8, 4) is 0 Å². The molecule has 5 heteroatoms. The number of hydrogen-bond acceptors (Lipinski definition) is 2. The quantitative estimate of drug-likeness (QED) is 0.562. The molecule has 0 radical (unpaired) electrons. The topological polar surface area (TPSA) is 74.0 Å². The van der Waals surface area contributed by atoms with Crippen LogP contribution in [-0.2, 0) is 22.6 Å². The molecule has 2 aromatic carbocycles. The summed E-state index contributed by atoms with van der Waals surface area (Å²) < 4.78 is 0. The van der Waals surface area contributed by atoms with Crippen LogP contribution >= 0.6 is 0 Å². The number of para-hydroxylation sites is 1. The first-order valence-corrected chi connectivity index (χ1v) is 9.69. The van der Waals surface area contributed by atoms with Crippen LogP contribution in [0.1, 0.15) is 31.4 Å². The number of benzene rings is 2. The summed E-state index contributed by atoms with van der Waals surface area (Å²) in [5, 5.41) is 6.95. The van der Waals surface area contributed by atoms with Gasteiger partial charge in [0.15, 0.2) is 0 Å². The van der Waals surface area contributed by atoms with E-state index in [0.29, 0.717) is 19.4 Å². The lowest BCUT2D eigenvalue weighted by atomic mass is 10.0. The van der Waals surface area contributed by atoms with Crippen molar-refractivity contribution in [1.82, 2.24) is 15.6 Å². The van der Waals surface area contributed by atoms with Crippen LogP contribution in [0, 0.1) is 5.92 Å². The van der Waals surface area contributed by atoms with Gasteiger partial charge in [0.2, 0.25) is 11.8 Å². The van der Waals surface area contributed by atoms with Crippen LogP contribution in [0.4, 0.5) is 0 Å². The first kappa shape index (κ1) is 19.7. The van der Waals surface area contributed by atoms with Gasteiger partial charge >= 0.3 is 0 Å². The van der Waals surface area contributed by atoms with Gasteiger partial charge in [-0.2, -0.15) is 0 Å². The fourth-order valence-corrected chi connectivity index (χ4v) is 3.26. The van der Waals surface area contributed by atoms with Gasteiger partial charge in [-0.3, -0.25) is 9.59 Å². The first-order chi connectivity index (χ1) is 13.5. The van der Waals surface area contributed by atoms with Crippen molar-refractivity contribution in [3.63, 3.8) is 0 Å². The normalized spacial score (nSPS) is 12.1. The van der Waals surface area contributed by atoms with Gasteiger partial charge < -0.3 is 15.6 Å². The Hall–Kier alpha value is -3.08. The van der Waals surface area contributed by atoms with Crippen LogP contribution in [0.5, 0.6) is 0 Å². The summed E-state index contributed by atoms with van der Waals surface area (Å²) in [6.45, 7) is 4.41. The Morgan fingerprint density at radius 3 is 2.46 bits per heavy atom. The van der Waals surface area contributed by atoms with E-state index in [9.17, 15) is 9.59 Å². The summed E-state index contributed by atoms with van der Waals surface area (Å²) in [5.41, 5.74) is 3.06. The molecule has 1 heterocycles. The number of nitrogens with one attached hydrogen (secondary N) is 3. The van der Waals surface area contributed by atoms with E-state index in [1.54, 1.807) is 0 Å². The summed E-state index contributed by atoms with van der Waals surface area (Å²) in [4.78, 5) is 28.4. The van der Waals surface area contributed by atoms with Gasteiger partial charge in [0, 0.05) is 36.5 Å². The number of hydrogen-bond donors (Lipinski definition) is 3. The van der Waals surface area contributed by atoms with Gasteiger partial charge in [0.25, 0.3) is 0 Å². The third-order valence-electron chi connectivity index (χ3n) is 4.65. The molecule has 0 bridgehead atoms. The second kappa shape index (κ2) is 9.22. The van der Waals surface area contributed by atoms with E-state index in [1.807, 2.05) is 74.6 Å². The summed E-state index contributed by atoms with van der Waals surface area (Å²) in [6, 6.07) is 17.1. The van der Waals surface area contributed by atoms with Crippen LogP contribution < -0.4 is 10.6 Å². The van der Waals surface area contributed by atoms with Crippen LogP contribution in [0.2, 0.25) is 0 Å². The molecule has 0 spiro atoms. The van der Waals surface area contributed by atoms with Crippen molar-refractivity contribution >= 4 is 22.7 Å². The third-order valence-corrected chi connectivity index (χ3v) is 4.65. The monoisotopic (exact) mass is 377 g/mol. The molecule has 2 amide bonds. The highest BCUT2D eigenvalue weighted by molar-refractivity contribution is 5.89. The summed E-state index contributed by atoms with van der Waals surface area (Å²) in [5.74, 6) is -0.0398. The Morgan fingerprint density at radius 1 is 1.00 bits per heavy atom. The van der Waals surface area contributed by atoms with Crippen LogP contribution in [-0.4, -0.2) is 22.8 Å². The minimum atomic E-state index is -0.617. The molecule has 3 N–H and O–H groups in total. The van der Waals surface area contributed by atoms with Crippen molar-refractivity contribution in [2.24, 2.45) is 5.92 Å². The smallest absolute Gasteiger partial charge is 0.243 e. The van der Waals surface area contributed by atoms with Gasteiger partial charge in [-0.25, -0.2) is 0 Å². The lowest BCUT2D eigenvalue weighted by molar-refractivity contribution is -0.129. The summed E-state index contributed by atoms with van der Waals surface area (Å²) in [6.07, 6.45) is 2.75. The van der Waals surface area contributed by atoms with Gasteiger partial charge in [0.1, 0.15) is 6.04 Å². The molecule has 1 atom stereocenters. The standard InChI is InChI=1S/C23H27N3O2/c1-16(2)12-22(27)26-21(23(28)25-14-17-8-4-3-5-9-17)13-18-15-24-20-11-7-6-10-19(18)20/h3-11,15-16,21,24H,12-14H2,1-2H3,(H,25,28)(H,26,27)/t21-/m0/s1. The zero-order valence-electron chi connectivity index (χ0n) is 16.4. The number of amides is 2. The van der Waals surface area contributed by atoms with E-state index in [1.165, 1.54) is 0 Å². The van der Waals surface area contributed by atoms with Crippen LogP contribution in [0.3, 0.4) is 0 Å². The Kier molecular flexibility index (Phi) is 6.48. The first-order valence-electron chi connectivity index (χ1n) is 9.69. The Morgan fingerprint density at radius 2 is 1.71 bits per heavy atom. The minimum Gasteiger partial charge on any atom is -0.361 e. The molecule has 0 saturated carbocycles. The van der Waals surface area contributed by atoms with Gasteiger partial charge in [0.05, 0.1) is 0 Å². The fourth-order valence-electron chi connectivity index (χ4n) is 3.26. The van der Waals surface area contributed by atoms with Crippen molar-refractivity contribution < 1.29 is 9.59 Å². The Bertz CT molecular complexity index is 931. The van der Waals surface area contributed by atoms with E-state index >= 15 is 0 Å². The van der Waals surface area contributed by atoms with Crippen molar-refractivity contribution in [3.05, 3.63) is 71.9 Å². The lowest BCUT2D eigenvalue weighted by Crippen LogP contribution is -2.48. The highest BCUT2D eigenvalue weighted by atomic mass is 16.2. The van der Waals surface area contributed by atoms with Gasteiger partial charge in [-0.05, 0) is 23.1 Å². The molecule has 0 aliphatic heterocycles. The molecule has 28 heavy (non-hydrogen) atoms. The molecule has 1 aromatic heterocycles. The maximum absolute atomic E-state index is 12.9. The summed E-state index contributed by atoms with van der Waals surface area (Å²) in [7, 11) is 0. The van der Waals surface area contributed by atoms with Gasteiger partial charge in [-0.1, -0.05) is 62.4 Å². The fraction of sp³-hybridized carbons (Fsp3) is 0.304. The number of fused-ring (bicyclic) bond motifs is 1. The number of carbonyl (C=O) groups is 2. The number of H-pyrrole nitrogens is 1. The molecule has 3 rings (SSSR count). The summed E-state index contributed by atoms with van der Waals surface area (Å²) >= 11 is 0. The highest BCUT2D eigenvalue weighted by Gasteiger charge is 2.22. The third kappa shape index (κ3) is 5.22. The number of aromatic amines is 1. The molecule has 0 unspecified atom stereocenters. The average Bonchev–Trinajstić information content (AvgIpc) is 3.09. The zero-order chi connectivity index (χ0) is 19.9. The van der Waals surface area contributed by atoms with E-state index in [4.69, 9.17) is 0 Å². The predicted octanol–water partition coefficient (Wildman–Crippen LogP) is 3.56. The molecular formula is C23H27N3O2. The molecule has 5 nitrogen and oxygen atoms in total. The Balaban J connectivity index is 1.73. The average molecular weight is 377 g/mol. The molecule has 0 aliphatic rings. The molecule has 0 aliphatic carbocycles. The number of aromatic nitrogens is 1. The van der Waals surface area contributed by atoms with E-state index in [-0.39, 0.29) is 17.7 Å².